The van der Waals surface area contributed by atoms with Crippen LogP contribution < -0.4 is 10.6 Å². The van der Waals surface area contributed by atoms with E-state index in [9.17, 15) is 4.79 Å². The number of hydrogen-bond donors (Lipinski definition) is 2. The van der Waals surface area contributed by atoms with E-state index in [4.69, 9.17) is 11.6 Å². The summed E-state index contributed by atoms with van der Waals surface area (Å²) in [5, 5.41) is 6.22. The number of amides is 2. The fourth-order valence-corrected chi connectivity index (χ4v) is 3.17. The first-order valence-electron chi connectivity index (χ1n) is 8.15. The number of rotatable bonds is 3. The number of fused-ring (bicyclic) bond motifs is 1. The van der Waals surface area contributed by atoms with Crippen molar-refractivity contribution in [2.45, 2.75) is 0 Å². The lowest BCUT2D eigenvalue weighted by Gasteiger charge is -2.08. The SMILES string of the molecule is O=C(Nc1ccc(Cl)cc1)Nc1cccc(-c2cn3cc(Br)ccc3n2)c1. The van der Waals surface area contributed by atoms with Gasteiger partial charge in [0.05, 0.1) is 5.69 Å². The van der Waals surface area contributed by atoms with Crippen LogP contribution in [-0.2, 0) is 0 Å². The minimum absolute atomic E-state index is 0.326. The molecule has 0 saturated heterocycles. The van der Waals surface area contributed by atoms with Crippen molar-refractivity contribution in [1.29, 1.82) is 0 Å². The third-order valence-corrected chi connectivity index (χ3v) is 4.65. The number of benzene rings is 2. The van der Waals surface area contributed by atoms with E-state index < -0.39 is 0 Å². The van der Waals surface area contributed by atoms with E-state index in [-0.39, 0.29) is 6.03 Å². The molecule has 2 aromatic heterocycles. The van der Waals surface area contributed by atoms with Crippen LogP contribution in [0.5, 0.6) is 0 Å². The van der Waals surface area contributed by atoms with Gasteiger partial charge in [-0.2, -0.15) is 0 Å². The van der Waals surface area contributed by atoms with Crippen LogP contribution in [0.3, 0.4) is 0 Å². The molecule has 2 aromatic carbocycles. The molecule has 0 radical (unpaired) electrons. The number of hydrogen-bond acceptors (Lipinski definition) is 2. The number of carbonyl (C=O) groups is 1. The zero-order chi connectivity index (χ0) is 18.8. The summed E-state index contributed by atoms with van der Waals surface area (Å²) in [5.74, 6) is 0. The molecule has 0 unspecified atom stereocenters. The molecule has 5 nitrogen and oxygen atoms in total. The van der Waals surface area contributed by atoms with Gasteiger partial charge in [-0.05, 0) is 64.5 Å². The van der Waals surface area contributed by atoms with Crippen molar-refractivity contribution in [3.05, 3.63) is 82.6 Å². The van der Waals surface area contributed by atoms with Gasteiger partial charge in [0.25, 0.3) is 0 Å². The van der Waals surface area contributed by atoms with Crippen molar-refractivity contribution >= 4 is 50.6 Å². The lowest BCUT2D eigenvalue weighted by Crippen LogP contribution is -2.19. The zero-order valence-corrected chi connectivity index (χ0v) is 16.3. The van der Waals surface area contributed by atoms with Crippen molar-refractivity contribution in [1.82, 2.24) is 9.38 Å². The van der Waals surface area contributed by atoms with Gasteiger partial charge < -0.3 is 15.0 Å². The maximum Gasteiger partial charge on any atom is 0.323 e. The third-order valence-electron chi connectivity index (χ3n) is 3.93. The highest BCUT2D eigenvalue weighted by molar-refractivity contribution is 9.10. The van der Waals surface area contributed by atoms with Crippen molar-refractivity contribution in [3.63, 3.8) is 0 Å². The summed E-state index contributed by atoms with van der Waals surface area (Å²) >= 11 is 9.31. The van der Waals surface area contributed by atoms with E-state index in [1.165, 1.54) is 0 Å². The Balaban J connectivity index is 1.52. The van der Waals surface area contributed by atoms with Crippen LogP contribution in [0, 0.1) is 0 Å². The highest BCUT2D eigenvalue weighted by Crippen LogP contribution is 2.24. The maximum atomic E-state index is 12.2. The fraction of sp³-hybridized carbons (Fsp3) is 0. The van der Waals surface area contributed by atoms with Gasteiger partial charge in [-0.1, -0.05) is 23.7 Å². The van der Waals surface area contributed by atoms with Gasteiger partial charge in [0.15, 0.2) is 0 Å². The second-order valence-corrected chi connectivity index (χ2v) is 7.26. The second-order valence-electron chi connectivity index (χ2n) is 5.91. The van der Waals surface area contributed by atoms with Crippen LogP contribution in [0.25, 0.3) is 16.9 Å². The molecule has 4 aromatic rings. The van der Waals surface area contributed by atoms with Crippen LogP contribution >= 0.6 is 27.5 Å². The average Bonchev–Trinajstić information content (AvgIpc) is 3.07. The smallest absolute Gasteiger partial charge is 0.308 e. The first-order chi connectivity index (χ1) is 13.1. The predicted molar refractivity (Wildman–Crippen MR) is 112 cm³/mol. The largest absolute Gasteiger partial charge is 0.323 e. The minimum Gasteiger partial charge on any atom is -0.308 e. The van der Waals surface area contributed by atoms with Crippen molar-refractivity contribution in [2.75, 3.05) is 10.6 Å². The van der Waals surface area contributed by atoms with Crippen LogP contribution in [0.2, 0.25) is 5.02 Å². The lowest BCUT2D eigenvalue weighted by atomic mass is 10.1. The molecule has 0 aliphatic carbocycles. The molecule has 0 spiro atoms. The Labute approximate surface area is 169 Å². The van der Waals surface area contributed by atoms with E-state index in [0.717, 1.165) is 21.4 Å². The number of aromatic nitrogens is 2. The summed E-state index contributed by atoms with van der Waals surface area (Å²) in [7, 11) is 0. The Kier molecular flexibility index (Phi) is 4.83. The molecule has 0 saturated carbocycles. The number of nitrogens with zero attached hydrogens (tertiary/aromatic N) is 2. The monoisotopic (exact) mass is 440 g/mol. The topological polar surface area (TPSA) is 58.4 Å². The molecular weight excluding hydrogens is 428 g/mol. The van der Waals surface area contributed by atoms with Gasteiger partial charge in [0, 0.05) is 38.8 Å². The number of halogens is 2. The third kappa shape index (κ3) is 4.13. The highest BCUT2D eigenvalue weighted by atomic mass is 79.9. The summed E-state index contributed by atoms with van der Waals surface area (Å²) < 4.78 is 2.93. The van der Waals surface area contributed by atoms with Gasteiger partial charge >= 0.3 is 6.03 Å². The summed E-state index contributed by atoms with van der Waals surface area (Å²) in [5.41, 5.74) is 3.94. The van der Waals surface area contributed by atoms with Gasteiger partial charge in [-0.15, -0.1) is 0 Å². The molecule has 0 fully saturated rings. The summed E-state index contributed by atoms with van der Waals surface area (Å²) in [4.78, 5) is 16.8. The van der Waals surface area contributed by atoms with Gasteiger partial charge in [0.1, 0.15) is 5.65 Å². The van der Waals surface area contributed by atoms with Gasteiger partial charge in [-0.25, -0.2) is 9.78 Å². The first-order valence-corrected chi connectivity index (χ1v) is 9.32. The van der Waals surface area contributed by atoms with Crippen LogP contribution in [0.4, 0.5) is 16.2 Å². The summed E-state index contributed by atoms with van der Waals surface area (Å²) in [6.07, 6.45) is 3.90. The molecular formula is C20H14BrClN4O. The molecule has 0 aliphatic heterocycles. The Hall–Kier alpha value is -2.83. The van der Waals surface area contributed by atoms with Crippen molar-refractivity contribution < 1.29 is 4.79 Å². The predicted octanol–water partition coefficient (Wildman–Crippen LogP) is 6.06. The molecule has 2 amide bonds. The van der Waals surface area contributed by atoms with E-state index in [0.29, 0.717) is 16.4 Å². The van der Waals surface area contributed by atoms with Crippen molar-refractivity contribution in [2.24, 2.45) is 0 Å². The van der Waals surface area contributed by atoms with E-state index in [2.05, 4.69) is 31.5 Å². The first kappa shape index (κ1) is 17.6. The van der Waals surface area contributed by atoms with E-state index in [1.807, 2.05) is 53.2 Å². The van der Waals surface area contributed by atoms with Crippen LogP contribution in [0.1, 0.15) is 0 Å². The Morgan fingerprint density at radius 1 is 0.963 bits per heavy atom. The second kappa shape index (κ2) is 7.42. The molecule has 0 bridgehead atoms. The maximum absolute atomic E-state index is 12.2. The molecule has 27 heavy (non-hydrogen) atoms. The number of pyridine rings is 1. The molecule has 2 heterocycles. The standard InChI is InChI=1S/C20H14BrClN4O/c21-14-4-9-19-25-18(12-26(19)11-14)13-2-1-3-17(10-13)24-20(27)23-16-7-5-15(22)6-8-16/h1-12H,(H2,23,24,27). The number of urea groups is 1. The van der Waals surface area contributed by atoms with Gasteiger partial charge in [-0.3, -0.25) is 0 Å². The average molecular weight is 442 g/mol. The normalized spacial score (nSPS) is 10.7. The molecule has 2 N–H and O–H groups in total. The number of imidazole rings is 1. The lowest BCUT2D eigenvalue weighted by molar-refractivity contribution is 0.262. The number of anilines is 2. The Morgan fingerprint density at radius 3 is 2.56 bits per heavy atom. The zero-order valence-electron chi connectivity index (χ0n) is 14.0. The minimum atomic E-state index is -0.326. The Bertz CT molecular complexity index is 1120. The molecule has 4 rings (SSSR count). The molecule has 7 heteroatoms. The Morgan fingerprint density at radius 2 is 1.74 bits per heavy atom. The quantitative estimate of drug-likeness (QED) is 0.406. The highest BCUT2D eigenvalue weighted by Gasteiger charge is 2.07. The van der Waals surface area contributed by atoms with Gasteiger partial charge in [0.2, 0.25) is 0 Å². The molecule has 0 atom stereocenters. The van der Waals surface area contributed by atoms with E-state index in [1.54, 1.807) is 24.3 Å². The molecule has 134 valence electrons. The van der Waals surface area contributed by atoms with Crippen molar-refractivity contribution in [3.8, 4) is 11.3 Å². The van der Waals surface area contributed by atoms with Crippen LogP contribution in [-0.4, -0.2) is 15.4 Å². The number of nitrogens with one attached hydrogen (secondary N) is 2. The van der Waals surface area contributed by atoms with Crippen LogP contribution in [0.15, 0.2) is 77.5 Å². The number of carbonyl (C=O) groups excluding carboxylic acids is 1. The fourth-order valence-electron chi connectivity index (χ4n) is 2.69. The summed E-state index contributed by atoms with van der Waals surface area (Å²) in [6, 6.07) is 18.1. The molecule has 0 aliphatic rings. The summed E-state index contributed by atoms with van der Waals surface area (Å²) in [6.45, 7) is 0. The van der Waals surface area contributed by atoms with E-state index >= 15 is 0 Å².